The summed E-state index contributed by atoms with van der Waals surface area (Å²) in [5.74, 6) is 2.49. The van der Waals surface area contributed by atoms with Gasteiger partial charge < -0.3 is 0 Å². The summed E-state index contributed by atoms with van der Waals surface area (Å²) < 4.78 is 0. The Kier molecular flexibility index (Phi) is 4.42. The van der Waals surface area contributed by atoms with Crippen LogP contribution in [0.15, 0.2) is 12.2 Å². The molecule has 1 saturated carbocycles. The first-order chi connectivity index (χ1) is 5.79. The van der Waals surface area contributed by atoms with Crippen molar-refractivity contribution < 1.29 is 0 Å². The normalized spacial score (nSPS) is 20.9. The second kappa shape index (κ2) is 5.40. The predicted molar refractivity (Wildman–Crippen MR) is 54.9 cm³/mol. The molecule has 1 rings (SSSR count). The molecule has 0 heteroatoms. The van der Waals surface area contributed by atoms with Crippen LogP contribution < -0.4 is 0 Å². The van der Waals surface area contributed by atoms with Crippen molar-refractivity contribution in [2.45, 2.75) is 52.4 Å². The van der Waals surface area contributed by atoms with Crippen LogP contribution >= 0.6 is 0 Å². The summed E-state index contributed by atoms with van der Waals surface area (Å²) in [6.07, 6.45) is 13.0. The molecule has 0 saturated heterocycles. The highest BCUT2D eigenvalue weighted by atomic mass is 14.1. The lowest BCUT2D eigenvalue weighted by molar-refractivity contribution is 0.555. The van der Waals surface area contributed by atoms with Crippen molar-refractivity contribution in [1.82, 2.24) is 0 Å². The Bertz CT molecular complexity index is 127. The minimum atomic E-state index is 0.811. The van der Waals surface area contributed by atoms with Crippen LogP contribution in [-0.2, 0) is 0 Å². The molecule has 1 fully saturated rings. The average Bonchev–Trinajstić information content (AvgIpc) is 2.05. The second-order valence-corrected chi connectivity index (χ2v) is 4.25. The fraction of sp³-hybridized carbons (Fsp3) is 0.750. The Morgan fingerprint density at radius 2 is 1.83 bits per heavy atom. The van der Waals surface area contributed by atoms with E-state index < -0.39 is 0 Å². The van der Waals surface area contributed by atoms with Crippen molar-refractivity contribution in [3.05, 3.63) is 18.1 Å². The molecule has 0 spiro atoms. The first-order valence-electron chi connectivity index (χ1n) is 5.30. The van der Waals surface area contributed by atoms with E-state index in [0.29, 0.717) is 0 Å². The van der Waals surface area contributed by atoms with Crippen molar-refractivity contribution in [3.8, 4) is 0 Å². The highest BCUT2D eigenvalue weighted by Gasteiger charge is 2.09. The van der Waals surface area contributed by atoms with Gasteiger partial charge in [-0.1, -0.05) is 45.3 Å². The van der Waals surface area contributed by atoms with Gasteiger partial charge in [-0.05, 0) is 31.1 Å². The quantitative estimate of drug-likeness (QED) is 0.590. The maximum Gasteiger partial charge on any atom is -0.00273 e. The van der Waals surface area contributed by atoms with Gasteiger partial charge >= 0.3 is 0 Å². The number of rotatable bonds is 3. The minimum absolute atomic E-state index is 0.811. The first-order valence-corrected chi connectivity index (χ1v) is 5.30. The molecule has 1 aliphatic rings. The summed E-state index contributed by atoms with van der Waals surface area (Å²) >= 11 is 0. The molecule has 1 radical (unpaired) electrons. The molecule has 0 aromatic rings. The van der Waals surface area contributed by atoms with Gasteiger partial charge in [0.15, 0.2) is 0 Å². The number of hydrogen-bond donors (Lipinski definition) is 0. The van der Waals surface area contributed by atoms with Crippen molar-refractivity contribution >= 4 is 0 Å². The summed E-state index contributed by atoms with van der Waals surface area (Å²) in [7, 11) is 0. The van der Waals surface area contributed by atoms with E-state index in [9.17, 15) is 0 Å². The fourth-order valence-corrected chi connectivity index (χ4v) is 1.68. The minimum Gasteiger partial charge on any atom is -0.0877 e. The molecule has 0 heterocycles. The van der Waals surface area contributed by atoms with E-state index in [1.165, 1.54) is 38.5 Å². The van der Waals surface area contributed by atoms with Gasteiger partial charge in [0.25, 0.3) is 0 Å². The van der Waals surface area contributed by atoms with E-state index >= 15 is 0 Å². The Balaban J connectivity index is 2.15. The van der Waals surface area contributed by atoms with E-state index in [1.54, 1.807) is 5.92 Å². The van der Waals surface area contributed by atoms with Crippen LogP contribution in [0.25, 0.3) is 0 Å². The molecular weight excluding hydrogens is 144 g/mol. The first kappa shape index (κ1) is 9.83. The molecule has 0 aromatic carbocycles. The van der Waals surface area contributed by atoms with Gasteiger partial charge in [0.05, 0.1) is 0 Å². The Morgan fingerprint density at radius 3 is 2.42 bits per heavy atom. The van der Waals surface area contributed by atoms with Gasteiger partial charge in [-0.2, -0.15) is 0 Å². The fourth-order valence-electron chi connectivity index (χ4n) is 1.68. The summed E-state index contributed by atoms with van der Waals surface area (Å²) in [6, 6.07) is 0. The lowest BCUT2D eigenvalue weighted by Gasteiger charge is -2.17. The van der Waals surface area contributed by atoms with Crippen LogP contribution in [0.1, 0.15) is 52.4 Å². The van der Waals surface area contributed by atoms with E-state index in [4.69, 9.17) is 0 Å². The molecule has 12 heavy (non-hydrogen) atoms. The Hall–Kier alpha value is -0.260. The molecule has 0 N–H and O–H groups in total. The van der Waals surface area contributed by atoms with Crippen molar-refractivity contribution in [3.63, 3.8) is 0 Å². The van der Waals surface area contributed by atoms with E-state index in [2.05, 4.69) is 26.0 Å². The van der Waals surface area contributed by atoms with Crippen LogP contribution in [0.5, 0.6) is 0 Å². The lowest BCUT2D eigenvalue weighted by atomic mass is 9.89. The molecule has 0 atom stereocenters. The largest absolute Gasteiger partial charge is 0.0877 e. The summed E-state index contributed by atoms with van der Waals surface area (Å²) in [5, 5.41) is 0. The van der Waals surface area contributed by atoms with Crippen LogP contribution in [0.4, 0.5) is 0 Å². The van der Waals surface area contributed by atoms with Crippen LogP contribution in [-0.4, -0.2) is 0 Å². The number of hydrogen-bond acceptors (Lipinski definition) is 0. The maximum atomic E-state index is 2.37. The van der Waals surface area contributed by atoms with E-state index in [0.717, 1.165) is 5.92 Å². The van der Waals surface area contributed by atoms with Gasteiger partial charge in [-0.25, -0.2) is 0 Å². The van der Waals surface area contributed by atoms with Crippen molar-refractivity contribution in [2.75, 3.05) is 0 Å². The zero-order valence-corrected chi connectivity index (χ0v) is 8.47. The monoisotopic (exact) mass is 165 g/mol. The predicted octanol–water partition coefficient (Wildman–Crippen LogP) is 4.13. The van der Waals surface area contributed by atoms with E-state index in [1.807, 2.05) is 0 Å². The van der Waals surface area contributed by atoms with E-state index in [-0.39, 0.29) is 0 Å². The van der Waals surface area contributed by atoms with Crippen LogP contribution in [0, 0.1) is 11.8 Å². The third kappa shape index (κ3) is 3.94. The highest BCUT2D eigenvalue weighted by Crippen LogP contribution is 2.26. The standard InChI is InChI=1S/C12H21/c1-11(2)7-6-10-12-8-4-3-5-9-12/h6,10-11H,3-5,7-9H2,1-2H3. The van der Waals surface area contributed by atoms with Crippen molar-refractivity contribution in [2.24, 2.45) is 5.92 Å². The summed E-state index contributed by atoms with van der Waals surface area (Å²) in [5.41, 5.74) is 0. The summed E-state index contributed by atoms with van der Waals surface area (Å²) in [6.45, 7) is 4.55. The molecular formula is C12H21. The second-order valence-electron chi connectivity index (χ2n) is 4.25. The summed E-state index contributed by atoms with van der Waals surface area (Å²) in [4.78, 5) is 0. The van der Waals surface area contributed by atoms with Crippen LogP contribution in [0.3, 0.4) is 0 Å². The van der Waals surface area contributed by atoms with Gasteiger partial charge in [0.1, 0.15) is 0 Å². The maximum absolute atomic E-state index is 2.37. The highest BCUT2D eigenvalue weighted by molar-refractivity contribution is 5.10. The van der Waals surface area contributed by atoms with Crippen LogP contribution in [0.2, 0.25) is 0 Å². The molecule has 0 nitrogen and oxygen atoms in total. The molecule has 0 aromatic heterocycles. The van der Waals surface area contributed by atoms with Gasteiger partial charge in [0, 0.05) is 0 Å². The average molecular weight is 165 g/mol. The third-order valence-electron chi connectivity index (χ3n) is 2.46. The van der Waals surface area contributed by atoms with Gasteiger partial charge in [-0.15, -0.1) is 0 Å². The molecule has 0 aliphatic heterocycles. The van der Waals surface area contributed by atoms with Gasteiger partial charge in [-0.3, -0.25) is 0 Å². The SMILES string of the molecule is CC(C)CC=C[C]1CCCCC1. The zero-order chi connectivity index (χ0) is 8.81. The topological polar surface area (TPSA) is 0 Å². The number of allylic oxidation sites excluding steroid dienone is 2. The molecule has 0 unspecified atom stereocenters. The third-order valence-corrected chi connectivity index (χ3v) is 2.46. The smallest absolute Gasteiger partial charge is 0.00273 e. The Morgan fingerprint density at radius 1 is 1.17 bits per heavy atom. The molecule has 0 bridgehead atoms. The van der Waals surface area contributed by atoms with Crippen molar-refractivity contribution in [1.29, 1.82) is 0 Å². The van der Waals surface area contributed by atoms with Gasteiger partial charge in [0.2, 0.25) is 0 Å². The molecule has 1 aliphatic carbocycles. The zero-order valence-electron chi connectivity index (χ0n) is 8.47. The Labute approximate surface area is 77.1 Å². The molecule has 0 amide bonds. The lowest BCUT2D eigenvalue weighted by Crippen LogP contribution is -2.00. The molecule has 69 valence electrons.